The molecule has 0 heterocycles. The van der Waals surface area contributed by atoms with Gasteiger partial charge in [-0.05, 0) is 24.2 Å². The Hall–Kier alpha value is -0.0800. The van der Waals surface area contributed by atoms with Crippen LogP contribution in [0.2, 0.25) is 0 Å². The maximum absolute atomic E-state index is 9.96. The lowest BCUT2D eigenvalue weighted by Gasteiger charge is -2.36. The molecule has 0 aromatic rings. The fourth-order valence-electron chi connectivity index (χ4n) is 3.41. The topological polar surface area (TPSA) is 46.2 Å². The van der Waals surface area contributed by atoms with Crippen molar-refractivity contribution >= 4 is 0 Å². The van der Waals surface area contributed by atoms with Crippen molar-refractivity contribution in [2.24, 2.45) is 22.5 Å². The van der Waals surface area contributed by atoms with Gasteiger partial charge in [-0.25, -0.2) is 0 Å². The smallest absolute Gasteiger partial charge is 0.0752 e. The number of aliphatic hydroxyl groups is 1. The Kier molecular flexibility index (Phi) is 1.45. The highest BCUT2D eigenvalue weighted by Crippen LogP contribution is 2.64. The molecule has 2 nitrogen and oxygen atoms in total. The molecule has 70 valence electrons. The van der Waals surface area contributed by atoms with Crippen LogP contribution in [-0.2, 0) is 0 Å². The van der Waals surface area contributed by atoms with Crippen LogP contribution in [-0.4, -0.2) is 17.3 Å². The van der Waals surface area contributed by atoms with E-state index >= 15 is 0 Å². The van der Waals surface area contributed by atoms with Gasteiger partial charge in [0.15, 0.2) is 0 Å². The fraction of sp³-hybridized carbons (Fsp3) is 1.00. The average molecular weight is 169 g/mol. The van der Waals surface area contributed by atoms with Gasteiger partial charge < -0.3 is 10.8 Å². The van der Waals surface area contributed by atoms with E-state index in [-0.39, 0.29) is 23.0 Å². The molecule has 2 saturated carbocycles. The van der Waals surface area contributed by atoms with E-state index in [2.05, 4.69) is 20.8 Å². The van der Waals surface area contributed by atoms with E-state index in [1.165, 1.54) is 6.42 Å². The Balaban J connectivity index is 2.44. The van der Waals surface area contributed by atoms with Crippen molar-refractivity contribution in [1.29, 1.82) is 0 Å². The second-order valence-electron chi connectivity index (χ2n) is 5.31. The number of hydrogen-bond acceptors (Lipinski definition) is 2. The van der Waals surface area contributed by atoms with Gasteiger partial charge >= 0.3 is 0 Å². The first-order valence-electron chi connectivity index (χ1n) is 4.85. The summed E-state index contributed by atoms with van der Waals surface area (Å²) in [5.41, 5.74) is 6.27. The molecule has 2 heteroatoms. The zero-order valence-electron chi connectivity index (χ0n) is 8.17. The lowest BCUT2D eigenvalue weighted by molar-refractivity contribution is 0.00582. The minimum absolute atomic E-state index is 0.0127. The second-order valence-corrected chi connectivity index (χ2v) is 5.31. The van der Waals surface area contributed by atoms with E-state index in [0.29, 0.717) is 5.92 Å². The van der Waals surface area contributed by atoms with Crippen LogP contribution < -0.4 is 5.73 Å². The molecule has 2 rings (SSSR count). The molecule has 2 aliphatic carbocycles. The Labute approximate surface area is 74.1 Å². The molecule has 0 aliphatic heterocycles. The summed E-state index contributed by atoms with van der Waals surface area (Å²) in [6.07, 6.45) is 2.05. The van der Waals surface area contributed by atoms with Crippen LogP contribution in [0.1, 0.15) is 33.6 Å². The maximum atomic E-state index is 9.96. The lowest BCUT2D eigenvalue weighted by Crippen LogP contribution is -2.43. The fourth-order valence-corrected chi connectivity index (χ4v) is 3.41. The molecule has 12 heavy (non-hydrogen) atoms. The first kappa shape index (κ1) is 8.52. The van der Waals surface area contributed by atoms with Crippen molar-refractivity contribution in [1.82, 2.24) is 0 Å². The van der Waals surface area contributed by atoms with E-state index < -0.39 is 0 Å². The van der Waals surface area contributed by atoms with Gasteiger partial charge in [-0.3, -0.25) is 0 Å². The van der Waals surface area contributed by atoms with Gasteiger partial charge in [0.05, 0.1) is 6.10 Å². The van der Waals surface area contributed by atoms with Crippen molar-refractivity contribution in [2.45, 2.75) is 45.8 Å². The molecule has 3 N–H and O–H groups in total. The summed E-state index contributed by atoms with van der Waals surface area (Å²) in [4.78, 5) is 0. The monoisotopic (exact) mass is 169 g/mol. The molecule has 0 spiro atoms. The SMILES string of the molecule is CC1(C)[C@H]2CC[C@@]1(C)[C@H](O)[C@@H]2N. The van der Waals surface area contributed by atoms with E-state index in [1.807, 2.05) is 0 Å². The lowest BCUT2D eigenvalue weighted by atomic mass is 9.70. The summed E-state index contributed by atoms with van der Waals surface area (Å²) in [5, 5.41) is 9.96. The van der Waals surface area contributed by atoms with Crippen LogP contribution in [0.3, 0.4) is 0 Å². The second kappa shape index (κ2) is 2.05. The van der Waals surface area contributed by atoms with Crippen LogP contribution in [0.15, 0.2) is 0 Å². The Bertz CT molecular complexity index is 214. The molecule has 2 aliphatic rings. The predicted octanol–water partition coefficient (Wildman–Crippen LogP) is 1.13. The average Bonchev–Trinajstić information content (AvgIpc) is 2.26. The number of nitrogens with two attached hydrogens (primary N) is 1. The summed E-state index contributed by atoms with van der Waals surface area (Å²) in [5.74, 6) is 0.525. The molecule has 0 amide bonds. The highest BCUT2D eigenvalue weighted by molar-refractivity contribution is 5.16. The largest absolute Gasteiger partial charge is 0.391 e. The molecule has 0 aromatic heterocycles. The summed E-state index contributed by atoms with van der Waals surface area (Å²) in [7, 11) is 0. The van der Waals surface area contributed by atoms with E-state index in [9.17, 15) is 5.11 Å². The maximum Gasteiger partial charge on any atom is 0.0752 e. The van der Waals surface area contributed by atoms with Crippen LogP contribution in [0.4, 0.5) is 0 Å². The number of rotatable bonds is 0. The van der Waals surface area contributed by atoms with Crippen LogP contribution in [0.25, 0.3) is 0 Å². The summed E-state index contributed by atoms with van der Waals surface area (Å²) >= 11 is 0. The zero-order valence-corrected chi connectivity index (χ0v) is 8.17. The Morgan fingerprint density at radius 3 is 2.17 bits per heavy atom. The molecule has 2 fully saturated rings. The van der Waals surface area contributed by atoms with Gasteiger partial charge in [-0.15, -0.1) is 0 Å². The van der Waals surface area contributed by atoms with Gasteiger partial charge in [0.2, 0.25) is 0 Å². The van der Waals surface area contributed by atoms with Crippen molar-refractivity contribution < 1.29 is 5.11 Å². The first-order valence-corrected chi connectivity index (χ1v) is 4.85. The van der Waals surface area contributed by atoms with E-state index in [4.69, 9.17) is 5.73 Å². The van der Waals surface area contributed by atoms with Crippen molar-refractivity contribution in [3.63, 3.8) is 0 Å². The van der Waals surface area contributed by atoms with Gasteiger partial charge in [0, 0.05) is 11.5 Å². The van der Waals surface area contributed by atoms with Crippen LogP contribution in [0.5, 0.6) is 0 Å². The quantitative estimate of drug-likeness (QED) is 0.571. The molecule has 0 saturated heterocycles. The highest BCUT2D eigenvalue weighted by atomic mass is 16.3. The minimum atomic E-state index is -0.286. The van der Waals surface area contributed by atoms with Crippen molar-refractivity contribution in [2.75, 3.05) is 0 Å². The Morgan fingerprint density at radius 1 is 1.33 bits per heavy atom. The van der Waals surface area contributed by atoms with Crippen LogP contribution in [0, 0.1) is 16.7 Å². The van der Waals surface area contributed by atoms with Gasteiger partial charge in [-0.1, -0.05) is 20.8 Å². The summed E-state index contributed by atoms with van der Waals surface area (Å²) < 4.78 is 0. The normalized spacial score (nSPS) is 56.2. The Morgan fingerprint density at radius 2 is 1.92 bits per heavy atom. The highest BCUT2D eigenvalue weighted by Gasteiger charge is 2.64. The molecule has 4 atom stereocenters. The van der Waals surface area contributed by atoms with Crippen molar-refractivity contribution in [3.8, 4) is 0 Å². The van der Waals surface area contributed by atoms with E-state index in [1.54, 1.807) is 0 Å². The third kappa shape index (κ3) is 0.647. The molecular weight excluding hydrogens is 150 g/mol. The first-order chi connectivity index (χ1) is 5.41. The molecular formula is C10H19NO. The van der Waals surface area contributed by atoms with E-state index in [0.717, 1.165) is 6.42 Å². The number of fused-ring (bicyclic) bond motifs is 2. The summed E-state index contributed by atoms with van der Waals surface area (Å²) in [6, 6.07) is 0.0127. The minimum Gasteiger partial charge on any atom is -0.391 e. The third-order valence-electron chi connectivity index (χ3n) is 4.86. The molecule has 0 aromatic carbocycles. The number of hydrogen-bond donors (Lipinski definition) is 2. The molecule has 0 radical (unpaired) electrons. The van der Waals surface area contributed by atoms with Crippen LogP contribution >= 0.6 is 0 Å². The zero-order chi connectivity index (χ0) is 9.15. The van der Waals surface area contributed by atoms with Gasteiger partial charge in [-0.2, -0.15) is 0 Å². The van der Waals surface area contributed by atoms with Gasteiger partial charge in [0.1, 0.15) is 0 Å². The predicted molar refractivity (Wildman–Crippen MR) is 48.6 cm³/mol. The molecule has 0 unspecified atom stereocenters. The molecule has 2 bridgehead atoms. The number of aliphatic hydroxyl groups excluding tert-OH is 1. The standard InChI is InChI=1S/C10H19NO/c1-9(2)6-4-5-10(9,3)8(12)7(6)11/h6-8,12H,4-5,11H2,1-3H3/t6-,7+,8+,10-/m0/s1. The third-order valence-corrected chi connectivity index (χ3v) is 4.86. The summed E-state index contributed by atoms with van der Waals surface area (Å²) in [6.45, 7) is 6.69. The van der Waals surface area contributed by atoms with Crippen molar-refractivity contribution in [3.05, 3.63) is 0 Å². The van der Waals surface area contributed by atoms with Gasteiger partial charge in [0.25, 0.3) is 0 Å².